The molecule has 3 amide bonds. The number of carbonyl (C=O) groups is 4. The van der Waals surface area contributed by atoms with E-state index in [0.717, 1.165) is 0 Å². The number of hydrogen-bond acceptors (Lipinski definition) is 6. The monoisotopic (exact) mass is 401 g/mol. The molecular weight excluding hydrogens is 370 g/mol. The SMILES string of the molecule is CCC(C)C(NC(=O)CNC(=O)CN)C(=O)NC(CCCN=C(N)N)C(=O)O. The molecule has 12 heteroatoms. The number of rotatable bonds is 13. The van der Waals surface area contributed by atoms with Gasteiger partial charge < -0.3 is 38.3 Å². The predicted molar refractivity (Wildman–Crippen MR) is 103 cm³/mol. The van der Waals surface area contributed by atoms with Gasteiger partial charge in [0.15, 0.2) is 5.96 Å². The molecule has 160 valence electrons. The molecule has 0 bridgehead atoms. The van der Waals surface area contributed by atoms with Gasteiger partial charge >= 0.3 is 5.97 Å². The summed E-state index contributed by atoms with van der Waals surface area (Å²) in [5.41, 5.74) is 15.6. The minimum absolute atomic E-state index is 0.0998. The van der Waals surface area contributed by atoms with Gasteiger partial charge in [-0.2, -0.15) is 0 Å². The molecule has 0 fully saturated rings. The van der Waals surface area contributed by atoms with E-state index in [1.54, 1.807) is 6.92 Å². The summed E-state index contributed by atoms with van der Waals surface area (Å²) in [5, 5.41) is 16.6. The van der Waals surface area contributed by atoms with Crippen molar-refractivity contribution in [3.8, 4) is 0 Å². The summed E-state index contributed by atoms with van der Waals surface area (Å²) in [7, 11) is 0. The molecule has 3 unspecified atom stereocenters. The minimum Gasteiger partial charge on any atom is -0.480 e. The molecule has 3 atom stereocenters. The molecule has 0 spiro atoms. The van der Waals surface area contributed by atoms with Crippen LogP contribution >= 0.6 is 0 Å². The van der Waals surface area contributed by atoms with Gasteiger partial charge in [0.1, 0.15) is 12.1 Å². The van der Waals surface area contributed by atoms with Crippen molar-refractivity contribution >= 4 is 29.7 Å². The van der Waals surface area contributed by atoms with Crippen LogP contribution in [-0.2, 0) is 19.2 Å². The summed E-state index contributed by atoms with van der Waals surface area (Å²) < 4.78 is 0. The zero-order chi connectivity index (χ0) is 21.7. The molecular formula is C16H31N7O5. The van der Waals surface area contributed by atoms with Crippen molar-refractivity contribution in [2.45, 2.75) is 45.2 Å². The quantitative estimate of drug-likeness (QED) is 0.0970. The van der Waals surface area contributed by atoms with Crippen molar-refractivity contribution in [3.63, 3.8) is 0 Å². The number of nitrogens with one attached hydrogen (secondary N) is 3. The van der Waals surface area contributed by atoms with Crippen LogP contribution < -0.4 is 33.2 Å². The van der Waals surface area contributed by atoms with E-state index in [9.17, 15) is 24.3 Å². The molecule has 0 aromatic rings. The summed E-state index contributed by atoms with van der Waals surface area (Å²) in [6, 6.07) is -2.10. The van der Waals surface area contributed by atoms with E-state index in [1.165, 1.54) is 0 Å². The van der Waals surface area contributed by atoms with Crippen molar-refractivity contribution in [2.75, 3.05) is 19.6 Å². The number of nitrogens with zero attached hydrogens (tertiary/aromatic N) is 1. The maximum atomic E-state index is 12.6. The van der Waals surface area contributed by atoms with Gasteiger partial charge in [0.2, 0.25) is 17.7 Å². The van der Waals surface area contributed by atoms with Crippen LogP contribution in [0.3, 0.4) is 0 Å². The average molecular weight is 401 g/mol. The Balaban J connectivity index is 4.91. The molecule has 0 rings (SSSR count). The molecule has 0 saturated heterocycles. The van der Waals surface area contributed by atoms with Crippen LogP contribution in [0.15, 0.2) is 4.99 Å². The number of aliphatic imine (C=N–C) groups is 1. The smallest absolute Gasteiger partial charge is 0.326 e. The standard InChI is InChI=1S/C16H31N7O5/c1-3-9(2)13(23-12(25)8-21-11(24)7-17)14(26)22-10(15(27)28)5-4-6-20-16(18)19/h9-10,13H,3-8,17H2,1-2H3,(H,21,24)(H,22,26)(H,23,25)(H,27,28)(H4,18,19,20). The van der Waals surface area contributed by atoms with Crippen molar-refractivity contribution in [3.05, 3.63) is 0 Å². The minimum atomic E-state index is -1.21. The Labute approximate surface area is 163 Å². The fourth-order valence-corrected chi connectivity index (χ4v) is 2.20. The van der Waals surface area contributed by atoms with Gasteiger partial charge in [0.25, 0.3) is 0 Å². The molecule has 10 N–H and O–H groups in total. The molecule has 0 saturated carbocycles. The first-order valence-electron chi connectivity index (χ1n) is 8.97. The van der Waals surface area contributed by atoms with Crippen molar-refractivity contribution in [1.82, 2.24) is 16.0 Å². The highest BCUT2D eigenvalue weighted by atomic mass is 16.4. The summed E-state index contributed by atoms with van der Waals surface area (Å²) in [5.74, 6) is -3.28. The van der Waals surface area contributed by atoms with Crippen LogP contribution in [0.5, 0.6) is 0 Å². The molecule has 12 nitrogen and oxygen atoms in total. The third-order valence-corrected chi connectivity index (χ3v) is 4.00. The molecule has 0 aromatic carbocycles. The second-order valence-electron chi connectivity index (χ2n) is 6.26. The summed E-state index contributed by atoms with van der Waals surface area (Å²) >= 11 is 0. The normalized spacial score (nSPS) is 13.5. The van der Waals surface area contributed by atoms with Crippen LogP contribution in [0.1, 0.15) is 33.1 Å². The Kier molecular flexibility index (Phi) is 11.9. The molecule has 0 aliphatic carbocycles. The Morgan fingerprint density at radius 1 is 1.11 bits per heavy atom. The van der Waals surface area contributed by atoms with Crippen LogP contribution in [-0.4, -0.2) is 66.5 Å². The van der Waals surface area contributed by atoms with E-state index in [2.05, 4.69) is 20.9 Å². The number of hydrogen-bond donors (Lipinski definition) is 7. The lowest BCUT2D eigenvalue weighted by atomic mass is 9.97. The third-order valence-electron chi connectivity index (χ3n) is 4.00. The lowest BCUT2D eigenvalue weighted by molar-refractivity contribution is -0.142. The van der Waals surface area contributed by atoms with Gasteiger partial charge in [-0.25, -0.2) is 4.79 Å². The topological polar surface area (TPSA) is 215 Å². The maximum absolute atomic E-state index is 12.6. The van der Waals surface area contributed by atoms with Crippen molar-refractivity contribution < 1.29 is 24.3 Å². The number of amides is 3. The molecule has 28 heavy (non-hydrogen) atoms. The van der Waals surface area contributed by atoms with Gasteiger partial charge in [0, 0.05) is 6.54 Å². The van der Waals surface area contributed by atoms with Gasteiger partial charge in [-0.3, -0.25) is 19.4 Å². The Morgan fingerprint density at radius 2 is 1.75 bits per heavy atom. The van der Waals surface area contributed by atoms with Gasteiger partial charge in [-0.1, -0.05) is 20.3 Å². The Hall–Kier alpha value is -2.89. The Morgan fingerprint density at radius 3 is 2.25 bits per heavy atom. The van der Waals surface area contributed by atoms with E-state index in [-0.39, 0.29) is 37.9 Å². The summed E-state index contributed by atoms with van der Waals surface area (Å²) in [6.45, 7) is 3.21. The van der Waals surface area contributed by atoms with Crippen LogP contribution in [0.2, 0.25) is 0 Å². The van der Waals surface area contributed by atoms with Crippen LogP contribution in [0.4, 0.5) is 0 Å². The molecule has 0 aliphatic heterocycles. The van der Waals surface area contributed by atoms with E-state index in [4.69, 9.17) is 17.2 Å². The second kappa shape index (κ2) is 13.3. The molecule has 0 radical (unpaired) electrons. The molecule has 0 heterocycles. The number of guanidine groups is 1. The zero-order valence-electron chi connectivity index (χ0n) is 16.2. The molecule has 0 aromatic heterocycles. The fourth-order valence-electron chi connectivity index (χ4n) is 2.20. The van der Waals surface area contributed by atoms with Gasteiger partial charge in [-0.05, 0) is 18.8 Å². The van der Waals surface area contributed by atoms with Crippen LogP contribution in [0, 0.1) is 5.92 Å². The molecule has 0 aliphatic rings. The fraction of sp³-hybridized carbons (Fsp3) is 0.688. The highest BCUT2D eigenvalue weighted by Crippen LogP contribution is 2.09. The Bertz CT molecular complexity index is 578. The van der Waals surface area contributed by atoms with Crippen molar-refractivity contribution in [1.29, 1.82) is 0 Å². The third kappa shape index (κ3) is 10.3. The maximum Gasteiger partial charge on any atom is 0.326 e. The number of carboxylic acid groups (broad SMARTS) is 1. The number of carboxylic acids is 1. The van der Waals surface area contributed by atoms with E-state index >= 15 is 0 Å². The number of carbonyl (C=O) groups excluding carboxylic acids is 3. The van der Waals surface area contributed by atoms with E-state index < -0.39 is 35.8 Å². The summed E-state index contributed by atoms with van der Waals surface area (Å²) in [4.78, 5) is 50.9. The lowest BCUT2D eigenvalue weighted by Crippen LogP contribution is -2.55. The van der Waals surface area contributed by atoms with E-state index in [1.807, 2.05) is 6.92 Å². The first kappa shape index (κ1) is 25.1. The summed E-state index contributed by atoms with van der Waals surface area (Å²) in [6.07, 6.45) is 1.03. The largest absolute Gasteiger partial charge is 0.480 e. The van der Waals surface area contributed by atoms with Gasteiger partial charge in [0.05, 0.1) is 13.1 Å². The first-order chi connectivity index (χ1) is 13.1. The number of aliphatic carboxylic acids is 1. The average Bonchev–Trinajstić information content (AvgIpc) is 2.65. The highest BCUT2D eigenvalue weighted by Gasteiger charge is 2.29. The highest BCUT2D eigenvalue weighted by molar-refractivity contribution is 5.92. The second-order valence-corrected chi connectivity index (χ2v) is 6.26. The van der Waals surface area contributed by atoms with Gasteiger partial charge in [-0.15, -0.1) is 0 Å². The lowest BCUT2D eigenvalue weighted by Gasteiger charge is -2.25. The van der Waals surface area contributed by atoms with Crippen LogP contribution in [0.25, 0.3) is 0 Å². The van der Waals surface area contributed by atoms with Crippen molar-refractivity contribution in [2.24, 2.45) is 28.1 Å². The zero-order valence-corrected chi connectivity index (χ0v) is 16.2. The first-order valence-corrected chi connectivity index (χ1v) is 8.97. The van der Waals surface area contributed by atoms with E-state index in [0.29, 0.717) is 12.8 Å². The number of nitrogens with two attached hydrogens (primary N) is 3. The predicted octanol–water partition coefficient (Wildman–Crippen LogP) is -2.78.